The summed E-state index contributed by atoms with van der Waals surface area (Å²) in [5.74, 6) is 0.179. The zero-order valence-electron chi connectivity index (χ0n) is 22.8. The second kappa shape index (κ2) is 11.7. The normalized spacial score (nSPS) is 11.1. The maximum Gasteiger partial charge on any atom is 0.261 e. The fraction of sp³-hybridized carbons (Fsp3) is 0.161. The fourth-order valence-corrected chi connectivity index (χ4v) is 4.59. The van der Waals surface area contributed by atoms with Crippen LogP contribution in [0.25, 0.3) is 22.2 Å². The first-order valence-corrected chi connectivity index (χ1v) is 12.8. The van der Waals surface area contributed by atoms with Crippen LogP contribution in [-0.4, -0.2) is 34.0 Å². The molecule has 3 heterocycles. The molecule has 0 bridgehead atoms. The topological polar surface area (TPSA) is 95.3 Å². The number of nitrogens with zero attached hydrogens (tertiary/aromatic N) is 3. The number of amides is 1. The molecule has 8 nitrogen and oxygen atoms in total. The number of hydrogen-bond acceptors (Lipinski definition) is 6. The Morgan fingerprint density at radius 1 is 1.02 bits per heavy atom. The van der Waals surface area contributed by atoms with Gasteiger partial charge in [-0.3, -0.25) is 14.6 Å². The molecule has 0 fully saturated rings. The van der Waals surface area contributed by atoms with E-state index in [0.717, 1.165) is 6.20 Å². The highest BCUT2D eigenvalue weighted by atomic mass is 19.3. The van der Waals surface area contributed by atoms with Gasteiger partial charge in [-0.25, -0.2) is 18.2 Å². The molecule has 0 aliphatic carbocycles. The lowest BCUT2D eigenvalue weighted by Gasteiger charge is -2.18. The number of carbonyl (C=O) groups is 1. The minimum absolute atomic E-state index is 0.0559. The average Bonchev–Trinajstić information content (AvgIpc) is 2.96. The van der Waals surface area contributed by atoms with Crippen molar-refractivity contribution < 1.29 is 27.4 Å². The highest BCUT2D eigenvalue weighted by molar-refractivity contribution is 6.04. The van der Waals surface area contributed by atoms with E-state index in [1.54, 1.807) is 55.7 Å². The number of benzene rings is 2. The number of anilines is 1. The summed E-state index contributed by atoms with van der Waals surface area (Å²) in [7, 11) is 1.53. The van der Waals surface area contributed by atoms with Crippen molar-refractivity contribution in [2.45, 2.75) is 26.8 Å². The summed E-state index contributed by atoms with van der Waals surface area (Å²) in [5.41, 5.74) is 1.56. The molecule has 1 amide bonds. The molecule has 0 spiro atoms. The molecule has 0 saturated heterocycles. The van der Waals surface area contributed by atoms with Crippen LogP contribution in [0.3, 0.4) is 0 Å². The van der Waals surface area contributed by atoms with Crippen molar-refractivity contribution >= 4 is 22.6 Å². The molecule has 0 saturated carbocycles. The van der Waals surface area contributed by atoms with Crippen LogP contribution in [0.4, 0.5) is 18.9 Å². The molecule has 3 aromatic heterocycles. The smallest absolute Gasteiger partial charge is 0.261 e. The standard InChI is InChI=1S/C31H25F3N4O4/c1-17-12-19(32)4-9-23(17)28-18(2)38(16-27(33)34)15-24(30(28)39)31(40)37-20-5-7-21(8-6-20)42-26-10-11-35-25-13-22(41-3)14-36-29(25)26/h4-15,27H,16H2,1-3H3,(H,37,40). The first kappa shape index (κ1) is 28.3. The summed E-state index contributed by atoms with van der Waals surface area (Å²) >= 11 is 0. The van der Waals surface area contributed by atoms with E-state index in [1.165, 1.54) is 36.8 Å². The highest BCUT2D eigenvalue weighted by Gasteiger charge is 2.22. The lowest BCUT2D eigenvalue weighted by molar-refractivity contribution is 0.102. The maximum absolute atomic E-state index is 13.7. The second-order valence-corrected chi connectivity index (χ2v) is 9.47. The van der Waals surface area contributed by atoms with E-state index in [0.29, 0.717) is 45.1 Å². The van der Waals surface area contributed by atoms with Gasteiger partial charge in [0.15, 0.2) is 5.75 Å². The van der Waals surface area contributed by atoms with E-state index in [-0.39, 0.29) is 16.8 Å². The number of ether oxygens (including phenoxy) is 2. The minimum Gasteiger partial charge on any atom is -0.495 e. The molecule has 0 unspecified atom stereocenters. The Morgan fingerprint density at radius 2 is 1.79 bits per heavy atom. The third kappa shape index (κ3) is 5.80. The molecule has 0 aliphatic heterocycles. The van der Waals surface area contributed by atoms with E-state index in [9.17, 15) is 22.8 Å². The number of halogens is 3. The largest absolute Gasteiger partial charge is 0.495 e. The number of rotatable bonds is 8. The predicted molar refractivity (Wildman–Crippen MR) is 152 cm³/mol. The van der Waals surface area contributed by atoms with Crippen LogP contribution in [0.1, 0.15) is 21.6 Å². The number of aromatic nitrogens is 3. The monoisotopic (exact) mass is 574 g/mol. The van der Waals surface area contributed by atoms with Crippen molar-refractivity contribution in [2.75, 3.05) is 12.4 Å². The average molecular weight is 575 g/mol. The van der Waals surface area contributed by atoms with Crippen molar-refractivity contribution in [3.05, 3.63) is 106 Å². The summed E-state index contributed by atoms with van der Waals surface area (Å²) < 4.78 is 52.8. The maximum atomic E-state index is 13.7. The number of methoxy groups -OCH3 is 1. The molecule has 5 aromatic rings. The van der Waals surface area contributed by atoms with Crippen molar-refractivity contribution in [3.63, 3.8) is 0 Å². The Morgan fingerprint density at radius 3 is 2.48 bits per heavy atom. The molecule has 5 rings (SSSR count). The molecule has 11 heteroatoms. The van der Waals surface area contributed by atoms with E-state index in [1.807, 2.05) is 0 Å². The first-order valence-electron chi connectivity index (χ1n) is 12.8. The van der Waals surface area contributed by atoms with E-state index >= 15 is 0 Å². The van der Waals surface area contributed by atoms with Crippen molar-refractivity contribution in [1.82, 2.24) is 14.5 Å². The van der Waals surface area contributed by atoms with Gasteiger partial charge >= 0.3 is 0 Å². The highest BCUT2D eigenvalue weighted by Crippen LogP contribution is 2.30. The molecule has 2 aromatic carbocycles. The van der Waals surface area contributed by atoms with Gasteiger partial charge in [-0.1, -0.05) is 6.07 Å². The van der Waals surface area contributed by atoms with Crippen LogP contribution >= 0.6 is 0 Å². The third-order valence-corrected chi connectivity index (χ3v) is 6.68. The Bertz CT molecular complexity index is 1860. The minimum atomic E-state index is -2.73. The summed E-state index contributed by atoms with van der Waals surface area (Å²) in [6, 6.07) is 13.6. The number of hydrogen-bond donors (Lipinski definition) is 1. The Balaban J connectivity index is 1.42. The Kier molecular flexibility index (Phi) is 7.92. The van der Waals surface area contributed by atoms with Crippen LogP contribution < -0.4 is 20.2 Å². The SMILES string of the molecule is COc1cnc2c(Oc3ccc(NC(=O)c4cn(CC(F)F)c(C)c(-c5ccc(F)cc5C)c4=O)cc3)ccnc2c1. The summed E-state index contributed by atoms with van der Waals surface area (Å²) in [6.07, 6.45) is 1.53. The number of alkyl halides is 2. The van der Waals surface area contributed by atoms with Gasteiger partial charge in [-0.2, -0.15) is 0 Å². The van der Waals surface area contributed by atoms with Gasteiger partial charge in [0.2, 0.25) is 5.43 Å². The Hall–Kier alpha value is -5.19. The Labute approximate surface area is 238 Å². The van der Waals surface area contributed by atoms with Gasteiger partial charge in [0.1, 0.15) is 28.4 Å². The van der Waals surface area contributed by atoms with Crippen LogP contribution in [-0.2, 0) is 6.54 Å². The van der Waals surface area contributed by atoms with Gasteiger partial charge in [-0.15, -0.1) is 0 Å². The van der Waals surface area contributed by atoms with Crippen LogP contribution in [0.2, 0.25) is 0 Å². The van der Waals surface area contributed by atoms with Gasteiger partial charge < -0.3 is 19.4 Å². The van der Waals surface area contributed by atoms with Crippen molar-refractivity contribution in [1.29, 1.82) is 0 Å². The van der Waals surface area contributed by atoms with Crippen molar-refractivity contribution in [2.24, 2.45) is 0 Å². The fourth-order valence-electron chi connectivity index (χ4n) is 4.59. The van der Waals surface area contributed by atoms with Gasteiger partial charge in [0, 0.05) is 41.5 Å². The van der Waals surface area contributed by atoms with E-state index in [4.69, 9.17) is 9.47 Å². The molecule has 42 heavy (non-hydrogen) atoms. The zero-order chi connectivity index (χ0) is 30.0. The lowest BCUT2D eigenvalue weighted by atomic mass is 9.97. The number of pyridine rings is 3. The molecular formula is C31H25F3N4O4. The number of nitrogens with one attached hydrogen (secondary N) is 1. The lowest BCUT2D eigenvalue weighted by Crippen LogP contribution is -2.27. The van der Waals surface area contributed by atoms with Gasteiger partial charge in [0.25, 0.3) is 12.3 Å². The first-order chi connectivity index (χ1) is 20.1. The molecular weight excluding hydrogens is 549 g/mol. The van der Waals surface area contributed by atoms with Crippen LogP contribution in [0, 0.1) is 19.7 Å². The van der Waals surface area contributed by atoms with Crippen molar-refractivity contribution in [3.8, 4) is 28.4 Å². The van der Waals surface area contributed by atoms with E-state index < -0.39 is 30.1 Å². The quantitative estimate of drug-likeness (QED) is 0.226. The number of carbonyl (C=O) groups excluding carboxylic acids is 1. The van der Waals surface area contributed by atoms with Crippen LogP contribution in [0.5, 0.6) is 17.2 Å². The number of fused-ring (bicyclic) bond motifs is 1. The molecule has 0 radical (unpaired) electrons. The van der Waals surface area contributed by atoms with Gasteiger partial charge in [-0.05, 0) is 61.4 Å². The molecule has 0 atom stereocenters. The van der Waals surface area contributed by atoms with Gasteiger partial charge in [0.05, 0.1) is 25.4 Å². The molecule has 214 valence electrons. The zero-order valence-corrected chi connectivity index (χ0v) is 22.8. The van der Waals surface area contributed by atoms with Crippen LogP contribution in [0.15, 0.2) is 78.0 Å². The summed E-state index contributed by atoms with van der Waals surface area (Å²) in [4.78, 5) is 35.4. The number of aryl methyl sites for hydroxylation is 1. The summed E-state index contributed by atoms with van der Waals surface area (Å²) in [6.45, 7) is 2.39. The predicted octanol–water partition coefficient (Wildman–Crippen LogP) is 6.53. The third-order valence-electron chi connectivity index (χ3n) is 6.68. The second-order valence-electron chi connectivity index (χ2n) is 9.47. The van der Waals surface area contributed by atoms with E-state index in [2.05, 4.69) is 15.3 Å². The molecule has 0 aliphatic rings. The summed E-state index contributed by atoms with van der Waals surface area (Å²) in [5, 5.41) is 2.64. The molecule has 1 N–H and O–H groups in total.